The minimum Gasteiger partial charge on any atom is -0.392 e. The Morgan fingerprint density at radius 3 is 2.67 bits per heavy atom. The second kappa shape index (κ2) is 5.61. The van der Waals surface area contributed by atoms with Gasteiger partial charge in [-0.2, -0.15) is 0 Å². The number of aliphatic hydroxyl groups is 1. The topological polar surface area (TPSA) is 110 Å². The molecule has 2 N–H and O–H groups in total. The monoisotopic (exact) mass is 294 g/mol. The summed E-state index contributed by atoms with van der Waals surface area (Å²) in [5, 5.41) is 19.8. The number of nitro benzene ring substituents is 1. The van der Waals surface area contributed by atoms with Crippen LogP contribution in [-0.4, -0.2) is 31.1 Å². The molecule has 0 aliphatic rings. The standard InChI is InChI=1S/C9H11ClN2O5S/c1-6(13)5-11-18(16,17)9-3-2-7(10)4-8(9)12(14)15/h2-4,6,11,13H,5H2,1H3. The van der Waals surface area contributed by atoms with Crippen LogP contribution in [-0.2, 0) is 10.0 Å². The zero-order chi connectivity index (χ0) is 13.9. The first-order valence-corrected chi connectivity index (χ1v) is 6.72. The average Bonchev–Trinajstić information content (AvgIpc) is 2.26. The molecule has 1 rings (SSSR count). The van der Waals surface area contributed by atoms with Crippen LogP contribution < -0.4 is 4.72 Å². The molecule has 0 aliphatic carbocycles. The third-order valence-electron chi connectivity index (χ3n) is 1.98. The van der Waals surface area contributed by atoms with E-state index in [0.29, 0.717) is 0 Å². The van der Waals surface area contributed by atoms with Crippen molar-refractivity contribution in [1.29, 1.82) is 0 Å². The molecule has 0 saturated carbocycles. The number of hydrogen-bond acceptors (Lipinski definition) is 5. The minimum atomic E-state index is -4.06. The predicted octanol–water partition coefficient (Wildman–Crippen LogP) is 0.907. The number of rotatable bonds is 5. The minimum absolute atomic E-state index is 0.0659. The van der Waals surface area contributed by atoms with E-state index < -0.39 is 31.6 Å². The number of sulfonamides is 1. The number of benzene rings is 1. The maximum absolute atomic E-state index is 11.8. The van der Waals surface area contributed by atoms with Crippen molar-refractivity contribution in [3.8, 4) is 0 Å². The van der Waals surface area contributed by atoms with Crippen molar-refractivity contribution in [2.75, 3.05) is 6.54 Å². The molecule has 0 radical (unpaired) electrons. The molecule has 9 heteroatoms. The molecule has 1 atom stereocenters. The van der Waals surface area contributed by atoms with E-state index in [9.17, 15) is 18.5 Å². The summed E-state index contributed by atoms with van der Waals surface area (Å²) in [6, 6.07) is 3.24. The highest BCUT2D eigenvalue weighted by Crippen LogP contribution is 2.26. The number of hydrogen-bond donors (Lipinski definition) is 2. The highest BCUT2D eigenvalue weighted by atomic mass is 35.5. The summed E-state index contributed by atoms with van der Waals surface area (Å²) in [7, 11) is -4.06. The van der Waals surface area contributed by atoms with Crippen molar-refractivity contribution in [1.82, 2.24) is 4.72 Å². The van der Waals surface area contributed by atoms with Crippen LogP contribution in [0.25, 0.3) is 0 Å². The molecule has 7 nitrogen and oxygen atoms in total. The van der Waals surface area contributed by atoms with Gasteiger partial charge in [0.2, 0.25) is 10.0 Å². The lowest BCUT2D eigenvalue weighted by molar-refractivity contribution is -0.387. The van der Waals surface area contributed by atoms with Crippen LogP contribution >= 0.6 is 11.6 Å². The zero-order valence-corrected chi connectivity index (χ0v) is 10.9. The summed E-state index contributed by atoms with van der Waals surface area (Å²) >= 11 is 5.58. The number of nitrogens with zero attached hydrogens (tertiary/aromatic N) is 1. The van der Waals surface area contributed by atoms with Gasteiger partial charge in [-0.1, -0.05) is 11.6 Å². The normalized spacial score (nSPS) is 13.3. The second-order valence-electron chi connectivity index (χ2n) is 3.57. The van der Waals surface area contributed by atoms with Crippen molar-refractivity contribution < 1.29 is 18.4 Å². The fraction of sp³-hybridized carbons (Fsp3) is 0.333. The Morgan fingerprint density at radius 2 is 2.17 bits per heavy atom. The van der Waals surface area contributed by atoms with Crippen LogP contribution in [0.3, 0.4) is 0 Å². The third kappa shape index (κ3) is 3.64. The van der Waals surface area contributed by atoms with Crippen molar-refractivity contribution in [3.63, 3.8) is 0 Å². The SMILES string of the molecule is CC(O)CNS(=O)(=O)c1ccc(Cl)cc1[N+](=O)[O-]. The van der Waals surface area contributed by atoms with Crippen molar-refractivity contribution in [3.05, 3.63) is 33.3 Å². The van der Waals surface area contributed by atoms with Gasteiger partial charge in [0.25, 0.3) is 5.69 Å². The van der Waals surface area contributed by atoms with E-state index in [1.54, 1.807) is 0 Å². The van der Waals surface area contributed by atoms with Crippen LogP contribution in [0, 0.1) is 10.1 Å². The molecule has 18 heavy (non-hydrogen) atoms. The fourth-order valence-corrected chi connectivity index (χ4v) is 2.61. The molecular formula is C9H11ClN2O5S. The van der Waals surface area contributed by atoms with Gasteiger partial charge in [-0.05, 0) is 19.1 Å². The van der Waals surface area contributed by atoms with Crippen LogP contribution in [0.1, 0.15) is 6.92 Å². The summed E-state index contributed by atoms with van der Waals surface area (Å²) in [5.74, 6) is 0. The highest BCUT2D eigenvalue weighted by molar-refractivity contribution is 7.89. The fourth-order valence-electron chi connectivity index (χ4n) is 1.17. The van der Waals surface area contributed by atoms with Crippen LogP contribution in [0.15, 0.2) is 23.1 Å². The molecular weight excluding hydrogens is 284 g/mol. The van der Waals surface area contributed by atoms with E-state index in [4.69, 9.17) is 16.7 Å². The Hall–Kier alpha value is -1.22. The maximum Gasteiger partial charge on any atom is 0.290 e. The molecule has 0 saturated heterocycles. The first-order chi connectivity index (χ1) is 8.24. The molecule has 0 fully saturated rings. The number of nitro groups is 1. The summed E-state index contributed by atoms with van der Waals surface area (Å²) in [6.07, 6.45) is -0.897. The molecule has 0 aromatic heterocycles. The third-order valence-corrected chi connectivity index (χ3v) is 3.68. The summed E-state index contributed by atoms with van der Waals surface area (Å²) < 4.78 is 25.7. The molecule has 1 unspecified atom stereocenters. The lowest BCUT2D eigenvalue weighted by atomic mass is 10.3. The van der Waals surface area contributed by atoms with Gasteiger partial charge >= 0.3 is 0 Å². The lowest BCUT2D eigenvalue weighted by Gasteiger charge is -2.08. The maximum atomic E-state index is 11.8. The molecule has 0 aliphatic heterocycles. The zero-order valence-electron chi connectivity index (χ0n) is 9.33. The molecule has 0 spiro atoms. The first kappa shape index (κ1) is 14.8. The van der Waals surface area contributed by atoms with E-state index >= 15 is 0 Å². The molecule has 1 aromatic carbocycles. The number of aliphatic hydroxyl groups excluding tert-OH is 1. The molecule has 100 valence electrons. The van der Waals surface area contributed by atoms with Gasteiger partial charge in [-0.15, -0.1) is 0 Å². The summed E-state index contributed by atoms with van der Waals surface area (Å²) in [6.45, 7) is 1.15. The van der Waals surface area contributed by atoms with Gasteiger partial charge in [-0.3, -0.25) is 10.1 Å². The van der Waals surface area contributed by atoms with Crippen molar-refractivity contribution in [2.24, 2.45) is 0 Å². The summed E-state index contributed by atoms with van der Waals surface area (Å²) in [4.78, 5) is 9.45. The second-order valence-corrected chi connectivity index (χ2v) is 5.74. The highest BCUT2D eigenvalue weighted by Gasteiger charge is 2.25. The van der Waals surface area contributed by atoms with Crippen LogP contribution in [0.4, 0.5) is 5.69 Å². The Balaban J connectivity index is 3.20. The first-order valence-electron chi connectivity index (χ1n) is 4.85. The van der Waals surface area contributed by atoms with Gasteiger partial charge in [0.15, 0.2) is 4.90 Å². The predicted molar refractivity (Wildman–Crippen MR) is 65.0 cm³/mol. The number of halogens is 1. The summed E-state index contributed by atoms with van der Waals surface area (Å²) in [5.41, 5.74) is -0.611. The van der Waals surface area contributed by atoms with Crippen LogP contribution in [0.5, 0.6) is 0 Å². The van der Waals surface area contributed by atoms with E-state index in [-0.39, 0.29) is 11.6 Å². The van der Waals surface area contributed by atoms with E-state index in [1.807, 2.05) is 0 Å². The molecule has 0 amide bonds. The lowest BCUT2D eigenvalue weighted by Crippen LogP contribution is -2.31. The van der Waals surface area contributed by atoms with E-state index in [1.165, 1.54) is 13.0 Å². The average molecular weight is 295 g/mol. The van der Waals surface area contributed by atoms with Crippen LogP contribution in [0.2, 0.25) is 5.02 Å². The molecule has 0 bridgehead atoms. The van der Waals surface area contributed by atoms with Gasteiger partial charge in [0.1, 0.15) is 0 Å². The van der Waals surface area contributed by atoms with Gasteiger partial charge in [0.05, 0.1) is 11.0 Å². The molecule has 0 heterocycles. The van der Waals surface area contributed by atoms with Gasteiger partial charge in [-0.25, -0.2) is 13.1 Å². The largest absolute Gasteiger partial charge is 0.392 e. The van der Waals surface area contributed by atoms with E-state index in [2.05, 4.69) is 4.72 Å². The van der Waals surface area contributed by atoms with Crippen molar-refractivity contribution >= 4 is 27.3 Å². The Kier molecular flexibility index (Phi) is 4.63. The van der Waals surface area contributed by atoms with E-state index in [0.717, 1.165) is 12.1 Å². The number of nitrogens with one attached hydrogen (secondary N) is 1. The quantitative estimate of drug-likeness (QED) is 0.619. The molecule has 1 aromatic rings. The smallest absolute Gasteiger partial charge is 0.290 e. The van der Waals surface area contributed by atoms with Crippen molar-refractivity contribution in [2.45, 2.75) is 17.9 Å². The Morgan fingerprint density at radius 1 is 1.56 bits per heavy atom. The van der Waals surface area contributed by atoms with Gasteiger partial charge in [0, 0.05) is 17.6 Å². The Bertz CT molecular complexity index is 558. The Labute approximate surface area is 109 Å². The van der Waals surface area contributed by atoms with Gasteiger partial charge < -0.3 is 5.11 Å².